The molecule has 0 aliphatic rings. The molecule has 2 aromatic rings. The highest BCUT2D eigenvalue weighted by Gasteiger charge is 2.17. The van der Waals surface area contributed by atoms with Gasteiger partial charge in [-0.3, -0.25) is 4.79 Å². The Morgan fingerprint density at radius 1 is 1.38 bits per heavy atom. The van der Waals surface area contributed by atoms with E-state index in [0.717, 1.165) is 25.0 Å². The van der Waals surface area contributed by atoms with E-state index >= 15 is 0 Å². The monoisotopic (exact) mass is 291 g/mol. The van der Waals surface area contributed by atoms with E-state index in [1.165, 1.54) is 0 Å². The van der Waals surface area contributed by atoms with Crippen LogP contribution in [0.4, 0.5) is 11.8 Å². The summed E-state index contributed by atoms with van der Waals surface area (Å²) in [4.78, 5) is 29.7. The summed E-state index contributed by atoms with van der Waals surface area (Å²) in [5.74, 6) is 1.16. The van der Waals surface area contributed by atoms with Crippen LogP contribution >= 0.6 is 0 Å². The molecule has 8 nitrogen and oxygen atoms in total. The lowest BCUT2D eigenvalue weighted by Crippen LogP contribution is -2.37. The third-order valence-corrected chi connectivity index (χ3v) is 3.01. The maximum atomic E-state index is 11.7. The highest BCUT2D eigenvalue weighted by Crippen LogP contribution is 2.22. The van der Waals surface area contributed by atoms with Crippen molar-refractivity contribution in [3.8, 4) is 0 Å². The molecule has 2 heterocycles. The minimum Gasteiger partial charge on any atom is -0.358 e. The Kier molecular flexibility index (Phi) is 4.91. The first kappa shape index (κ1) is 15.0. The summed E-state index contributed by atoms with van der Waals surface area (Å²) < 4.78 is 0. The number of amides is 1. The third-order valence-electron chi connectivity index (χ3n) is 3.01. The van der Waals surface area contributed by atoms with Crippen molar-refractivity contribution in [3.63, 3.8) is 0 Å². The van der Waals surface area contributed by atoms with Crippen LogP contribution in [0.2, 0.25) is 0 Å². The fourth-order valence-corrected chi connectivity index (χ4v) is 2.07. The van der Waals surface area contributed by atoms with E-state index in [1.54, 1.807) is 13.4 Å². The number of H-pyrrole nitrogens is 1. The molecule has 0 radical (unpaired) electrons. The molecule has 21 heavy (non-hydrogen) atoms. The quantitative estimate of drug-likeness (QED) is 0.696. The number of fused-ring (bicyclic) bond motifs is 1. The van der Waals surface area contributed by atoms with Gasteiger partial charge < -0.3 is 20.5 Å². The molecule has 0 unspecified atom stereocenters. The first-order valence-electron chi connectivity index (χ1n) is 7.10. The van der Waals surface area contributed by atoms with Crippen molar-refractivity contribution in [2.24, 2.45) is 0 Å². The van der Waals surface area contributed by atoms with Crippen LogP contribution in [0.1, 0.15) is 20.3 Å². The molecule has 0 bridgehead atoms. The number of aromatic nitrogens is 4. The highest BCUT2D eigenvalue weighted by molar-refractivity contribution is 5.88. The zero-order valence-electron chi connectivity index (χ0n) is 12.6. The van der Waals surface area contributed by atoms with Gasteiger partial charge in [0.2, 0.25) is 11.9 Å². The molecule has 0 aliphatic heterocycles. The largest absolute Gasteiger partial charge is 0.358 e. The van der Waals surface area contributed by atoms with Crippen LogP contribution in [0.15, 0.2) is 6.33 Å². The van der Waals surface area contributed by atoms with Gasteiger partial charge in [0.05, 0.1) is 12.9 Å². The van der Waals surface area contributed by atoms with Crippen molar-refractivity contribution in [1.82, 2.24) is 25.3 Å². The van der Waals surface area contributed by atoms with Crippen LogP contribution in [0, 0.1) is 0 Å². The van der Waals surface area contributed by atoms with Gasteiger partial charge in [0.1, 0.15) is 5.52 Å². The number of rotatable bonds is 7. The molecule has 0 fully saturated rings. The molecule has 2 rings (SSSR count). The van der Waals surface area contributed by atoms with E-state index in [9.17, 15) is 4.79 Å². The van der Waals surface area contributed by atoms with Gasteiger partial charge in [-0.05, 0) is 13.3 Å². The number of anilines is 2. The number of hydrogen-bond acceptors (Lipinski definition) is 6. The van der Waals surface area contributed by atoms with Gasteiger partial charge in [0.25, 0.3) is 0 Å². The summed E-state index contributed by atoms with van der Waals surface area (Å²) >= 11 is 0. The molecule has 8 heteroatoms. The van der Waals surface area contributed by atoms with Gasteiger partial charge in [-0.2, -0.15) is 9.97 Å². The van der Waals surface area contributed by atoms with Gasteiger partial charge in [0, 0.05) is 20.1 Å². The number of likely N-dealkylation sites (N-methyl/N-ethyl adjacent to an activating group) is 1. The number of nitrogens with zero attached hydrogens (tertiary/aromatic N) is 4. The van der Waals surface area contributed by atoms with Gasteiger partial charge in [0.15, 0.2) is 11.5 Å². The van der Waals surface area contributed by atoms with Crippen LogP contribution in [0.5, 0.6) is 0 Å². The SMILES string of the molecule is CCCN(CC(=O)NC)c1nc(NCC)nc2nc[nH]c12. The van der Waals surface area contributed by atoms with E-state index in [1.807, 2.05) is 11.8 Å². The van der Waals surface area contributed by atoms with Crippen LogP contribution in [0.3, 0.4) is 0 Å². The number of carbonyl (C=O) groups is 1. The van der Waals surface area contributed by atoms with Crippen molar-refractivity contribution < 1.29 is 4.79 Å². The molecule has 1 amide bonds. The molecule has 0 aliphatic carbocycles. The van der Waals surface area contributed by atoms with E-state index in [2.05, 4.69) is 37.5 Å². The first-order valence-corrected chi connectivity index (χ1v) is 7.10. The summed E-state index contributed by atoms with van der Waals surface area (Å²) in [7, 11) is 1.63. The van der Waals surface area contributed by atoms with Crippen LogP contribution in [0.25, 0.3) is 11.2 Å². The summed E-state index contributed by atoms with van der Waals surface area (Å²) in [6.45, 7) is 5.74. The molecule has 0 saturated carbocycles. The predicted molar refractivity (Wildman–Crippen MR) is 82.4 cm³/mol. The topological polar surface area (TPSA) is 98.8 Å². The fraction of sp³-hybridized carbons (Fsp3) is 0.538. The zero-order valence-corrected chi connectivity index (χ0v) is 12.6. The maximum Gasteiger partial charge on any atom is 0.239 e. The van der Waals surface area contributed by atoms with E-state index in [0.29, 0.717) is 17.4 Å². The molecular formula is C13H21N7O. The second-order valence-electron chi connectivity index (χ2n) is 4.60. The number of nitrogens with one attached hydrogen (secondary N) is 3. The Morgan fingerprint density at radius 2 is 2.19 bits per heavy atom. The molecule has 2 aromatic heterocycles. The minimum absolute atomic E-state index is 0.0558. The normalized spacial score (nSPS) is 10.6. The summed E-state index contributed by atoms with van der Waals surface area (Å²) in [6.07, 6.45) is 2.50. The van der Waals surface area contributed by atoms with Gasteiger partial charge >= 0.3 is 0 Å². The van der Waals surface area contributed by atoms with Crippen molar-refractivity contribution in [2.45, 2.75) is 20.3 Å². The summed E-state index contributed by atoms with van der Waals surface area (Å²) in [5, 5.41) is 5.73. The molecule has 0 aromatic carbocycles. The molecule has 0 saturated heterocycles. The van der Waals surface area contributed by atoms with E-state index in [4.69, 9.17) is 0 Å². The minimum atomic E-state index is -0.0558. The van der Waals surface area contributed by atoms with Crippen molar-refractivity contribution in [3.05, 3.63) is 6.33 Å². The van der Waals surface area contributed by atoms with Crippen LogP contribution in [-0.2, 0) is 4.79 Å². The average Bonchev–Trinajstić information content (AvgIpc) is 2.94. The lowest BCUT2D eigenvalue weighted by molar-refractivity contribution is -0.119. The second-order valence-corrected chi connectivity index (χ2v) is 4.60. The van der Waals surface area contributed by atoms with Crippen molar-refractivity contribution in [1.29, 1.82) is 0 Å². The summed E-state index contributed by atoms with van der Waals surface area (Å²) in [6, 6.07) is 0. The maximum absolute atomic E-state index is 11.7. The predicted octanol–water partition coefficient (Wildman–Crippen LogP) is 0.747. The van der Waals surface area contributed by atoms with Crippen molar-refractivity contribution >= 4 is 28.8 Å². The van der Waals surface area contributed by atoms with E-state index < -0.39 is 0 Å². The van der Waals surface area contributed by atoms with Gasteiger partial charge in [-0.25, -0.2) is 4.98 Å². The first-order chi connectivity index (χ1) is 10.2. The van der Waals surface area contributed by atoms with Gasteiger partial charge in [-0.1, -0.05) is 6.92 Å². The number of imidazole rings is 1. The Labute approximate surface area is 123 Å². The lowest BCUT2D eigenvalue weighted by Gasteiger charge is -2.23. The molecule has 0 atom stereocenters. The summed E-state index contributed by atoms with van der Waals surface area (Å²) in [5.41, 5.74) is 1.34. The fourth-order valence-electron chi connectivity index (χ4n) is 2.07. The molecule has 0 spiro atoms. The third kappa shape index (κ3) is 3.39. The lowest BCUT2D eigenvalue weighted by atomic mass is 10.3. The number of aromatic amines is 1. The molecular weight excluding hydrogens is 270 g/mol. The highest BCUT2D eigenvalue weighted by atomic mass is 16.1. The molecule has 114 valence electrons. The van der Waals surface area contributed by atoms with Crippen LogP contribution < -0.4 is 15.5 Å². The Morgan fingerprint density at radius 3 is 2.86 bits per heavy atom. The Hall–Kier alpha value is -2.38. The van der Waals surface area contributed by atoms with Crippen molar-refractivity contribution in [2.75, 3.05) is 36.9 Å². The Bertz CT molecular complexity index is 610. The van der Waals surface area contributed by atoms with Gasteiger partial charge in [-0.15, -0.1) is 0 Å². The zero-order chi connectivity index (χ0) is 15.2. The Balaban J connectivity index is 2.43. The standard InChI is InChI=1S/C13H21N7O/c1-4-6-20(7-9(21)14-3)12-10-11(17-8-16-10)18-13(19-12)15-5-2/h8H,4-7H2,1-3H3,(H,14,21)(H2,15,16,17,18,19). The number of carbonyl (C=O) groups excluding carboxylic acids is 1. The average molecular weight is 291 g/mol. The van der Waals surface area contributed by atoms with Crippen LogP contribution in [-0.4, -0.2) is 52.5 Å². The van der Waals surface area contributed by atoms with E-state index in [-0.39, 0.29) is 12.5 Å². The molecule has 3 N–H and O–H groups in total. The second kappa shape index (κ2) is 6.87. The number of hydrogen-bond donors (Lipinski definition) is 3. The smallest absolute Gasteiger partial charge is 0.239 e.